The van der Waals surface area contributed by atoms with E-state index in [0.717, 1.165) is 11.8 Å². The number of ether oxygens (including phenoxy) is 2. The van der Waals surface area contributed by atoms with Gasteiger partial charge in [0.05, 0.1) is 36.6 Å². The first-order valence-electron chi connectivity index (χ1n) is 7.51. The van der Waals surface area contributed by atoms with E-state index in [0.29, 0.717) is 37.7 Å². The average molecular weight is 391 g/mol. The molecule has 2 heterocycles. The zero-order chi connectivity index (χ0) is 19.0. The molecule has 0 amide bonds. The van der Waals surface area contributed by atoms with Gasteiger partial charge >= 0.3 is 5.97 Å². The van der Waals surface area contributed by atoms with Gasteiger partial charge in [-0.2, -0.15) is 5.26 Å². The van der Waals surface area contributed by atoms with Crippen molar-refractivity contribution in [1.82, 2.24) is 4.90 Å². The average Bonchev–Trinajstić information content (AvgIpc) is 2.95. The molecule has 26 heavy (non-hydrogen) atoms. The van der Waals surface area contributed by atoms with E-state index in [2.05, 4.69) is 11.1 Å². The van der Waals surface area contributed by atoms with Crippen molar-refractivity contribution in [2.75, 3.05) is 14.2 Å². The number of nitrogens with two attached hydrogens (primary N) is 1. The molecule has 0 radical (unpaired) electrons. The minimum atomic E-state index is -0.614. The normalized spacial score (nSPS) is 19.1. The third-order valence-electron chi connectivity index (χ3n) is 4.07. The number of allylic oxidation sites excluding steroid dienone is 2. The first-order valence-corrected chi connectivity index (χ1v) is 8.70. The van der Waals surface area contributed by atoms with Crippen molar-refractivity contribution in [3.8, 4) is 11.8 Å². The van der Waals surface area contributed by atoms with E-state index in [4.69, 9.17) is 26.8 Å². The zero-order valence-electron chi connectivity index (χ0n) is 14.2. The molecule has 7 nitrogen and oxygen atoms in total. The van der Waals surface area contributed by atoms with Crippen LogP contribution < -0.4 is 10.5 Å². The minimum Gasteiger partial charge on any atom is -0.495 e. The molecule has 0 aliphatic carbocycles. The molecule has 0 saturated carbocycles. The molecule has 0 saturated heterocycles. The van der Waals surface area contributed by atoms with Crippen LogP contribution in [-0.2, 0) is 9.53 Å². The lowest BCUT2D eigenvalue weighted by Gasteiger charge is -2.34. The van der Waals surface area contributed by atoms with Crippen molar-refractivity contribution < 1.29 is 14.3 Å². The van der Waals surface area contributed by atoms with Crippen molar-refractivity contribution >= 4 is 34.5 Å². The highest BCUT2D eigenvalue weighted by Crippen LogP contribution is 2.46. The lowest BCUT2D eigenvalue weighted by molar-refractivity contribution is -0.136. The Morgan fingerprint density at radius 1 is 1.46 bits per heavy atom. The largest absolute Gasteiger partial charge is 0.495 e. The molecule has 9 heteroatoms. The highest BCUT2D eigenvalue weighted by molar-refractivity contribution is 8.17. The molecule has 1 atom stereocenters. The van der Waals surface area contributed by atoms with Crippen molar-refractivity contribution in [2.45, 2.75) is 13.0 Å². The minimum absolute atomic E-state index is 0.238. The summed E-state index contributed by atoms with van der Waals surface area (Å²) in [7, 11) is 2.83. The topological polar surface area (TPSA) is 101 Å². The highest BCUT2D eigenvalue weighted by Gasteiger charge is 2.42. The summed E-state index contributed by atoms with van der Waals surface area (Å²) in [5.74, 6) is 0.227. The van der Waals surface area contributed by atoms with Gasteiger partial charge in [-0.25, -0.2) is 9.79 Å². The monoisotopic (exact) mass is 390 g/mol. The molecule has 0 spiro atoms. The molecular weight excluding hydrogens is 376 g/mol. The summed E-state index contributed by atoms with van der Waals surface area (Å²) in [6.45, 7) is 1.72. The Bertz CT molecular complexity index is 932. The number of nitrogens with zero attached hydrogens (tertiary/aromatic N) is 3. The number of amidine groups is 1. The van der Waals surface area contributed by atoms with Gasteiger partial charge in [0.1, 0.15) is 22.5 Å². The first-order chi connectivity index (χ1) is 12.4. The second-order valence-electron chi connectivity index (χ2n) is 5.48. The van der Waals surface area contributed by atoms with Gasteiger partial charge in [0.25, 0.3) is 0 Å². The number of carbonyl (C=O) groups excluding carboxylic acids is 1. The number of hydrogen-bond donors (Lipinski definition) is 1. The van der Waals surface area contributed by atoms with Gasteiger partial charge in [0.15, 0.2) is 5.17 Å². The van der Waals surface area contributed by atoms with E-state index in [1.807, 2.05) is 0 Å². The van der Waals surface area contributed by atoms with E-state index >= 15 is 0 Å². The van der Waals surface area contributed by atoms with Gasteiger partial charge in [-0.3, -0.25) is 4.90 Å². The maximum absolute atomic E-state index is 12.5. The number of nitriles is 1. The van der Waals surface area contributed by atoms with Gasteiger partial charge < -0.3 is 15.2 Å². The number of halogens is 1. The van der Waals surface area contributed by atoms with Crippen LogP contribution in [0.1, 0.15) is 18.5 Å². The number of esters is 1. The van der Waals surface area contributed by atoms with Crippen molar-refractivity contribution in [1.29, 1.82) is 5.26 Å². The SMILES string of the molecule is COC(=O)C1=C(C)N=C2SC(C#N)=C(N)N2[C@@H]1c1ccc(OC)c(Cl)c1. The van der Waals surface area contributed by atoms with E-state index in [9.17, 15) is 10.1 Å². The molecule has 0 fully saturated rings. The van der Waals surface area contributed by atoms with Gasteiger partial charge in [-0.05, 0) is 36.4 Å². The number of carbonyl (C=O) groups is 1. The van der Waals surface area contributed by atoms with E-state index in [1.165, 1.54) is 14.2 Å². The maximum Gasteiger partial charge on any atom is 0.338 e. The second-order valence-corrected chi connectivity index (χ2v) is 6.86. The fourth-order valence-electron chi connectivity index (χ4n) is 2.88. The predicted octanol–water partition coefficient (Wildman–Crippen LogP) is 2.91. The number of thioether (sulfide) groups is 1. The second kappa shape index (κ2) is 6.94. The molecule has 0 bridgehead atoms. The van der Waals surface area contributed by atoms with Gasteiger partial charge in [-0.15, -0.1) is 0 Å². The first kappa shape index (κ1) is 18.2. The molecule has 0 aromatic heterocycles. The number of fused-ring (bicyclic) bond motifs is 1. The van der Waals surface area contributed by atoms with Gasteiger partial charge in [-0.1, -0.05) is 17.7 Å². The molecule has 1 aromatic rings. The Hall–Kier alpha value is -2.63. The summed E-state index contributed by atoms with van der Waals surface area (Å²) < 4.78 is 10.1. The molecule has 2 aliphatic rings. The Kier molecular flexibility index (Phi) is 4.85. The number of hydrogen-bond acceptors (Lipinski definition) is 8. The number of aliphatic imine (C=N–C) groups is 1. The van der Waals surface area contributed by atoms with E-state index in [1.54, 1.807) is 30.0 Å². The van der Waals surface area contributed by atoms with Crippen LogP contribution in [0, 0.1) is 11.3 Å². The van der Waals surface area contributed by atoms with Crippen LogP contribution in [0.2, 0.25) is 5.02 Å². The third-order valence-corrected chi connectivity index (χ3v) is 5.35. The summed E-state index contributed by atoms with van der Waals surface area (Å²) in [6.07, 6.45) is 0. The quantitative estimate of drug-likeness (QED) is 0.791. The van der Waals surface area contributed by atoms with Crippen LogP contribution in [0.3, 0.4) is 0 Å². The Morgan fingerprint density at radius 3 is 2.77 bits per heavy atom. The van der Waals surface area contributed by atoms with Gasteiger partial charge in [0, 0.05) is 0 Å². The molecule has 1 aromatic carbocycles. The van der Waals surface area contributed by atoms with Crippen LogP contribution in [0.25, 0.3) is 0 Å². The van der Waals surface area contributed by atoms with Crippen molar-refractivity contribution in [3.63, 3.8) is 0 Å². The van der Waals surface area contributed by atoms with Crippen molar-refractivity contribution in [3.05, 3.63) is 50.8 Å². The lowest BCUT2D eigenvalue weighted by atomic mass is 9.94. The van der Waals surface area contributed by atoms with Crippen LogP contribution in [0.15, 0.2) is 45.2 Å². The molecule has 2 aliphatic heterocycles. The van der Waals surface area contributed by atoms with Crippen LogP contribution in [-0.4, -0.2) is 30.3 Å². The fourth-order valence-corrected chi connectivity index (χ4v) is 4.06. The number of methoxy groups -OCH3 is 2. The molecular formula is C17H15ClN4O3S. The standard InChI is InChI=1S/C17H15ClN4O3S/c1-8-13(16(23)25-3)14(9-4-5-11(24-2)10(18)6-9)22-15(20)12(7-19)26-17(22)21-8/h4-6,14H,20H2,1-3H3/t14-/m1/s1. The summed E-state index contributed by atoms with van der Waals surface area (Å²) in [4.78, 5) is 18.9. The van der Waals surface area contributed by atoms with Crippen LogP contribution >= 0.6 is 23.4 Å². The smallest absolute Gasteiger partial charge is 0.338 e. The summed E-state index contributed by atoms with van der Waals surface area (Å²) in [6, 6.07) is 6.64. The summed E-state index contributed by atoms with van der Waals surface area (Å²) in [5.41, 5.74) is 7.70. The molecule has 0 unspecified atom stereocenters. The Morgan fingerprint density at radius 2 is 2.19 bits per heavy atom. The Labute approximate surface area is 159 Å². The molecule has 2 N–H and O–H groups in total. The highest BCUT2D eigenvalue weighted by atomic mass is 35.5. The van der Waals surface area contributed by atoms with E-state index in [-0.39, 0.29) is 5.82 Å². The van der Waals surface area contributed by atoms with Crippen LogP contribution in [0.5, 0.6) is 5.75 Å². The predicted molar refractivity (Wildman–Crippen MR) is 99.2 cm³/mol. The maximum atomic E-state index is 12.5. The zero-order valence-corrected chi connectivity index (χ0v) is 15.8. The summed E-state index contributed by atoms with van der Waals surface area (Å²) >= 11 is 7.44. The molecule has 3 rings (SSSR count). The van der Waals surface area contributed by atoms with Crippen LogP contribution in [0.4, 0.5) is 0 Å². The van der Waals surface area contributed by atoms with Gasteiger partial charge in [0.2, 0.25) is 0 Å². The number of benzene rings is 1. The number of rotatable bonds is 3. The molecule has 134 valence electrons. The fraction of sp³-hybridized carbons (Fsp3) is 0.235. The lowest BCUT2D eigenvalue weighted by Crippen LogP contribution is -2.38. The third kappa shape index (κ3) is 2.79. The van der Waals surface area contributed by atoms with E-state index < -0.39 is 12.0 Å². The Balaban J connectivity index is 2.21. The van der Waals surface area contributed by atoms with Crippen molar-refractivity contribution in [2.24, 2.45) is 10.7 Å². The summed E-state index contributed by atoms with van der Waals surface area (Å²) in [5, 5.41) is 10.2.